The molecule has 0 unspecified atom stereocenters. The molecule has 27 heavy (non-hydrogen) atoms. The van der Waals surface area contributed by atoms with Crippen LogP contribution in [0, 0.1) is 5.82 Å². The molecule has 0 fully saturated rings. The summed E-state index contributed by atoms with van der Waals surface area (Å²) < 4.78 is 18.0. The number of hydrogen-bond donors (Lipinski definition) is 2. The highest BCUT2D eigenvalue weighted by molar-refractivity contribution is 6.03. The zero-order chi connectivity index (χ0) is 19.2. The van der Waals surface area contributed by atoms with Crippen LogP contribution in [0.3, 0.4) is 0 Å². The Morgan fingerprint density at radius 1 is 1.00 bits per heavy atom. The molecular formula is C20H16FN3O3. The highest BCUT2D eigenvalue weighted by Crippen LogP contribution is 2.22. The van der Waals surface area contributed by atoms with Crippen LogP contribution in [0.25, 0.3) is 0 Å². The first-order chi connectivity index (χ1) is 13.1. The minimum absolute atomic E-state index is 0.139. The van der Waals surface area contributed by atoms with Crippen molar-refractivity contribution in [2.45, 2.75) is 0 Å². The Hall–Kier alpha value is -3.74. The van der Waals surface area contributed by atoms with Crippen LogP contribution >= 0.6 is 0 Å². The van der Waals surface area contributed by atoms with Crippen molar-refractivity contribution in [2.75, 3.05) is 17.7 Å². The Bertz CT molecular complexity index is 991. The number of carbonyl (C=O) groups is 2. The molecular weight excluding hydrogens is 349 g/mol. The van der Waals surface area contributed by atoms with Crippen molar-refractivity contribution in [3.63, 3.8) is 0 Å². The molecule has 0 aliphatic rings. The van der Waals surface area contributed by atoms with E-state index in [4.69, 9.17) is 4.74 Å². The monoisotopic (exact) mass is 365 g/mol. The van der Waals surface area contributed by atoms with E-state index >= 15 is 0 Å². The summed E-state index contributed by atoms with van der Waals surface area (Å²) in [4.78, 5) is 28.3. The summed E-state index contributed by atoms with van der Waals surface area (Å²) >= 11 is 0. The molecule has 1 amide bonds. The number of amides is 1. The number of rotatable bonds is 5. The minimum atomic E-state index is -0.481. The summed E-state index contributed by atoms with van der Waals surface area (Å²) in [6, 6.07) is 15.6. The maximum atomic E-state index is 13.2. The van der Waals surface area contributed by atoms with Crippen molar-refractivity contribution in [2.24, 2.45) is 0 Å². The summed E-state index contributed by atoms with van der Waals surface area (Å²) in [6.07, 6.45) is 1.46. The molecule has 0 aliphatic carbocycles. The van der Waals surface area contributed by atoms with Gasteiger partial charge in [0.05, 0.1) is 18.4 Å². The van der Waals surface area contributed by atoms with E-state index < -0.39 is 17.7 Å². The fraction of sp³-hybridized carbons (Fsp3) is 0.0500. The third-order valence-electron chi connectivity index (χ3n) is 3.69. The van der Waals surface area contributed by atoms with Crippen LogP contribution in [-0.2, 0) is 4.74 Å². The van der Waals surface area contributed by atoms with Crippen LogP contribution in [0.15, 0.2) is 66.9 Å². The molecule has 6 nitrogen and oxygen atoms in total. The Morgan fingerprint density at radius 3 is 2.59 bits per heavy atom. The van der Waals surface area contributed by atoms with Gasteiger partial charge in [-0.25, -0.2) is 9.18 Å². The molecule has 0 aliphatic heterocycles. The van der Waals surface area contributed by atoms with E-state index in [1.54, 1.807) is 36.4 Å². The molecule has 0 radical (unpaired) electrons. The number of methoxy groups -OCH3 is 1. The van der Waals surface area contributed by atoms with Crippen molar-refractivity contribution < 1.29 is 18.7 Å². The van der Waals surface area contributed by atoms with Gasteiger partial charge in [-0.2, -0.15) is 0 Å². The van der Waals surface area contributed by atoms with E-state index in [-0.39, 0.29) is 5.69 Å². The third-order valence-corrected chi connectivity index (χ3v) is 3.69. The molecule has 2 N–H and O–H groups in total. The molecule has 3 aromatic rings. The second-order valence-electron chi connectivity index (χ2n) is 5.56. The number of nitrogens with one attached hydrogen (secondary N) is 2. The van der Waals surface area contributed by atoms with Crippen LogP contribution in [0.2, 0.25) is 0 Å². The molecule has 7 heteroatoms. The number of benzene rings is 2. The first-order valence-electron chi connectivity index (χ1n) is 8.04. The van der Waals surface area contributed by atoms with Crippen molar-refractivity contribution in [1.29, 1.82) is 0 Å². The molecule has 3 rings (SSSR count). The molecule has 1 aromatic heterocycles. The number of carbonyl (C=O) groups excluding carboxylic acids is 2. The Morgan fingerprint density at radius 2 is 1.81 bits per heavy atom. The lowest BCUT2D eigenvalue weighted by atomic mass is 10.1. The largest absolute Gasteiger partial charge is 0.465 e. The molecule has 0 spiro atoms. The van der Waals surface area contributed by atoms with E-state index in [2.05, 4.69) is 15.6 Å². The zero-order valence-electron chi connectivity index (χ0n) is 14.4. The number of anilines is 3. The van der Waals surface area contributed by atoms with Crippen LogP contribution < -0.4 is 10.6 Å². The van der Waals surface area contributed by atoms with Crippen LogP contribution in [0.1, 0.15) is 20.8 Å². The van der Waals surface area contributed by atoms with Gasteiger partial charge in [-0.05, 0) is 42.5 Å². The number of hydrogen-bond acceptors (Lipinski definition) is 5. The van der Waals surface area contributed by atoms with Crippen molar-refractivity contribution in [1.82, 2.24) is 4.98 Å². The Labute approximate surface area is 155 Å². The predicted molar refractivity (Wildman–Crippen MR) is 99.7 cm³/mol. The fourth-order valence-electron chi connectivity index (χ4n) is 2.43. The Kier molecular flexibility index (Phi) is 5.41. The normalized spacial score (nSPS) is 10.1. The standard InChI is InChI=1S/C20H16FN3O3/c1-27-20(26)16-7-2-3-8-17(16)23-15-9-10-22-18(12-15)19(25)24-14-6-4-5-13(21)11-14/h2-12H,1H3,(H,22,23)(H,24,25). The van der Waals surface area contributed by atoms with Crippen molar-refractivity contribution >= 4 is 28.9 Å². The van der Waals surface area contributed by atoms with Gasteiger partial charge in [0.25, 0.3) is 5.91 Å². The molecule has 0 saturated heterocycles. The minimum Gasteiger partial charge on any atom is -0.465 e. The molecule has 0 bridgehead atoms. The third kappa shape index (κ3) is 4.46. The molecule has 2 aromatic carbocycles. The van der Waals surface area contributed by atoms with Gasteiger partial charge in [0.1, 0.15) is 11.5 Å². The molecule has 136 valence electrons. The summed E-state index contributed by atoms with van der Waals surface area (Å²) in [5.41, 5.74) is 1.93. The maximum Gasteiger partial charge on any atom is 0.339 e. The highest BCUT2D eigenvalue weighted by Gasteiger charge is 2.13. The summed E-state index contributed by atoms with van der Waals surface area (Å²) in [5.74, 6) is -1.41. The van der Waals surface area contributed by atoms with E-state index in [1.807, 2.05) is 0 Å². The molecule has 0 saturated carbocycles. The summed E-state index contributed by atoms with van der Waals surface area (Å²) in [6.45, 7) is 0. The average Bonchev–Trinajstić information content (AvgIpc) is 2.68. The van der Waals surface area contributed by atoms with Gasteiger partial charge in [0.15, 0.2) is 0 Å². The van der Waals surface area contributed by atoms with Crippen LogP contribution in [0.5, 0.6) is 0 Å². The number of esters is 1. The van der Waals surface area contributed by atoms with E-state index in [0.29, 0.717) is 22.6 Å². The summed E-state index contributed by atoms with van der Waals surface area (Å²) in [5, 5.41) is 5.66. The fourth-order valence-corrected chi connectivity index (χ4v) is 2.43. The SMILES string of the molecule is COC(=O)c1ccccc1Nc1ccnc(C(=O)Nc2cccc(F)c2)c1. The molecule has 0 atom stereocenters. The Balaban J connectivity index is 1.80. The number of nitrogens with zero attached hydrogens (tertiary/aromatic N) is 1. The number of para-hydroxylation sites is 1. The lowest BCUT2D eigenvalue weighted by Crippen LogP contribution is -2.14. The topological polar surface area (TPSA) is 80.3 Å². The second-order valence-corrected chi connectivity index (χ2v) is 5.56. The first kappa shape index (κ1) is 18.1. The number of pyridine rings is 1. The quantitative estimate of drug-likeness (QED) is 0.668. The van der Waals surface area contributed by atoms with Crippen LogP contribution in [0.4, 0.5) is 21.5 Å². The number of halogens is 1. The first-order valence-corrected chi connectivity index (χ1v) is 8.04. The number of ether oxygens (including phenoxy) is 1. The van der Waals surface area contributed by atoms with Crippen molar-refractivity contribution in [3.8, 4) is 0 Å². The van der Waals surface area contributed by atoms with Crippen LogP contribution in [-0.4, -0.2) is 24.0 Å². The number of aromatic nitrogens is 1. The van der Waals surface area contributed by atoms with Gasteiger partial charge >= 0.3 is 5.97 Å². The molecule has 1 heterocycles. The van der Waals surface area contributed by atoms with Crippen molar-refractivity contribution in [3.05, 3.63) is 83.9 Å². The smallest absolute Gasteiger partial charge is 0.339 e. The highest BCUT2D eigenvalue weighted by atomic mass is 19.1. The second kappa shape index (κ2) is 8.09. The maximum absolute atomic E-state index is 13.2. The van der Waals surface area contributed by atoms with E-state index in [1.165, 1.54) is 37.6 Å². The van der Waals surface area contributed by atoms with E-state index in [0.717, 1.165) is 0 Å². The van der Waals surface area contributed by atoms with Gasteiger partial charge in [0, 0.05) is 17.6 Å². The van der Waals surface area contributed by atoms with E-state index in [9.17, 15) is 14.0 Å². The lowest BCUT2D eigenvalue weighted by Gasteiger charge is -2.11. The van der Waals surface area contributed by atoms with Gasteiger partial charge in [0.2, 0.25) is 0 Å². The van der Waals surface area contributed by atoms with Gasteiger partial charge in [-0.15, -0.1) is 0 Å². The zero-order valence-corrected chi connectivity index (χ0v) is 14.4. The lowest BCUT2D eigenvalue weighted by molar-refractivity contribution is 0.0601. The van der Waals surface area contributed by atoms with Gasteiger partial charge < -0.3 is 15.4 Å². The van der Waals surface area contributed by atoms with Gasteiger partial charge in [-0.3, -0.25) is 9.78 Å². The average molecular weight is 365 g/mol. The summed E-state index contributed by atoms with van der Waals surface area (Å²) in [7, 11) is 1.31. The predicted octanol–water partition coefficient (Wildman–Crippen LogP) is 4.00. The van der Waals surface area contributed by atoms with Gasteiger partial charge in [-0.1, -0.05) is 18.2 Å².